The summed E-state index contributed by atoms with van der Waals surface area (Å²) >= 11 is 0. The Kier molecular flexibility index (Phi) is 15.0. The van der Waals surface area contributed by atoms with Crippen LogP contribution in [0, 0.1) is 5.92 Å². The zero-order valence-corrected chi connectivity index (χ0v) is 34.2. The molecule has 0 aliphatic carbocycles. The van der Waals surface area contributed by atoms with Crippen LogP contribution in [-0.4, -0.2) is 113 Å². The molecule has 0 saturated carbocycles. The van der Waals surface area contributed by atoms with E-state index in [0.717, 1.165) is 16.7 Å². The van der Waals surface area contributed by atoms with Crippen molar-refractivity contribution in [3.05, 3.63) is 95.6 Å². The molecule has 2 saturated heterocycles. The van der Waals surface area contributed by atoms with Gasteiger partial charge in [0.2, 0.25) is 5.91 Å². The van der Waals surface area contributed by atoms with Gasteiger partial charge in [0.15, 0.2) is 6.23 Å². The van der Waals surface area contributed by atoms with Gasteiger partial charge in [-0.3, -0.25) is 15.0 Å². The van der Waals surface area contributed by atoms with E-state index in [0.29, 0.717) is 18.1 Å². The number of amides is 3. The van der Waals surface area contributed by atoms with Gasteiger partial charge in [-0.05, 0) is 68.7 Å². The number of carbonyl (C=O) groups is 2. The molecule has 2 aliphatic rings. The van der Waals surface area contributed by atoms with Gasteiger partial charge in [-0.2, -0.15) is 0 Å². The zero-order chi connectivity index (χ0) is 39.7. The second-order valence-electron chi connectivity index (χ2n) is 14.1. The maximum Gasteiger partial charge on any atom is 0.326 e. The second kappa shape index (κ2) is 19.5. The molecule has 1 N–H and O–H groups in total. The Bertz CT molecular complexity index is 1610. The van der Waals surface area contributed by atoms with Crippen molar-refractivity contribution in [3.63, 3.8) is 0 Å². The van der Waals surface area contributed by atoms with E-state index in [2.05, 4.69) is 37.7 Å². The summed E-state index contributed by atoms with van der Waals surface area (Å²) in [6.45, 7) is 10.8. The van der Waals surface area contributed by atoms with Crippen molar-refractivity contribution in [3.8, 4) is 11.5 Å². The quantitative estimate of drug-likeness (QED) is 0.0833. The number of nitrogens with zero attached hydrogens (tertiary/aromatic N) is 2. The zero-order valence-electron chi connectivity index (χ0n) is 33.3. The lowest BCUT2D eigenvalue weighted by Gasteiger charge is -2.39. The molecule has 13 nitrogen and oxygen atoms in total. The molecule has 0 spiro atoms. The summed E-state index contributed by atoms with van der Waals surface area (Å²) in [5.41, 5.74) is 1.41. The molecule has 0 bridgehead atoms. The Morgan fingerprint density at radius 2 is 1.38 bits per heavy atom. The van der Waals surface area contributed by atoms with Gasteiger partial charge in [-0.25, -0.2) is 9.46 Å². The van der Waals surface area contributed by atoms with Crippen molar-refractivity contribution >= 4 is 20.5 Å². The fraction of sp³-hybridized carbons (Fsp3) is 0.512. The topological polar surface area (TPSA) is 126 Å². The van der Waals surface area contributed by atoms with Crippen LogP contribution in [0.2, 0.25) is 0 Å². The number of imide groups is 1. The van der Waals surface area contributed by atoms with Crippen LogP contribution in [0.5, 0.6) is 11.5 Å². The van der Waals surface area contributed by atoms with E-state index in [9.17, 15) is 9.59 Å². The predicted molar refractivity (Wildman–Crippen MR) is 209 cm³/mol. The van der Waals surface area contributed by atoms with Crippen LogP contribution in [0.15, 0.2) is 78.9 Å². The van der Waals surface area contributed by atoms with Crippen LogP contribution in [-0.2, 0) is 38.4 Å². The van der Waals surface area contributed by atoms with Crippen molar-refractivity contribution in [2.75, 3.05) is 54.8 Å². The first-order chi connectivity index (χ1) is 26.5. The molecule has 3 amide bonds. The number of hydrogen-bond acceptors (Lipinski definition) is 11. The highest BCUT2D eigenvalue weighted by Gasteiger charge is 2.54. The predicted octanol–water partition coefficient (Wildman–Crippen LogP) is 6.33. The minimum atomic E-state index is -1.64. The largest absolute Gasteiger partial charge is 0.497 e. The van der Waals surface area contributed by atoms with Crippen molar-refractivity contribution in [2.45, 2.75) is 76.8 Å². The molecule has 2 fully saturated rings. The number of rotatable bonds is 19. The van der Waals surface area contributed by atoms with E-state index < -0.39 is 50.6 Å². The van der Waals surface area contributed by atoms with Gasteiger partial charge in [-0.15, -0.1) is 0 Å². The van der Waals surface area contributed by atoms with E-state index in [-0.39, 0.29) is 37.7 Å². The Hall–Kier alpha value is -3.65. The third-order valence-corrected chi connectivity index (χ3v) is 11.9. The third-order valence-electron chi connectivity index (χ3n) is 9.85. The SMILES string of the molecule is COCCO[C@@H]1[C@H](OP(OC)N(C(C)C)C(C)C)[C@@H](COC(c2ccccc2)(c2ccc(OC)cc2)c2ccc(OC)cc2)O[C@H]1N1CC(C)C(=O)NC1=O. The van der Waals surface area contributed by atoms with Crippen LogP contribution in [0.3, 0.4) is 0 Å². The molecule has 2 heterocycles. The van der Waals surface area contributed by atoms with E-state index in [1.807, 2.05) is 78.9 Å². The average molecular weight is 782 g/mol. The van der Waals surface area contributed by atoms with Crippen LogP contribution >= 0.6 is 8.53 Å². The standard InChI is InChI=1S/C41H56N3O10P/c1-27(2)44(28(3)4)55(50-9)54-36-35(53-39(37(36)51-24-23-47-6)43-25-29(5)38(45)42-40(43)46)26-52-41(30-13-11-10-12-14-30,31-15-19-33(48-7)20-16-31)32-17-21-34(49-8)22-18-32/h10-22,27-29,35-37,39H,23-26H2,1-9H3,(H,42,45,46)/t29?,35-,36-,37-,39-,55?/m1/s1. The lowest BCUT2D eigenvalue weighted by atomic mass is 9.80. The Morgan fingerprint density at radius 3 is 1.89 bits per heavy atom. The Morgan fingerprint density at radius 1 is 0.818 bits per heavy atom. The number of methoxy groups -OCH3 is 3. The summed E-state index contributed by atoms with van der Waals surface area (Å²) < 4.78 is 52.4. The van der Waals surface area contributed by atoms with Gasteiger partial charge in [0.25, 0.3) is 8.53 Å². The van der Waals surface area contributed by atoms with Gasteiger partial charge in [0.05, 0.1) is 40.0 Å². The number of carbonyl (C=O) groups excluding carboxylic acids is 2. The first kappa shape index (κ1) is 42.5. The molecule has 3 aromatic rings. The lowest BCUT2D eigenvalue weighted by molar-refractivity contribution is -0.135. The first-order valence-electron chi connectivity index (χ1n) is 18.6. The highest BCUT2D eigenvalue weighted by atomic mass is 31.2. The molecular formula is C41H56N3O10P. The Labute approximate surface area is 326 Å². The Balaban J connectivity index is 1.64. The van der Waals surface area contributed by atoms with Gasteiger partial charge in [-0.1, -0.05) is 61.5 Å². The highest BCUT2D eigenvalue weighted by Crippen LogP contribution is 2.50. The molecule has 14 heteroatoms. The molecule has 0 radical (unpaired) electrons. The fourth-order valence-electron chi connectivity index (χ4n) is 7.20. The molecule has 6 atom stereocenters. The number of ether oxygens (including phenoxy) is 6. The lowest BCUT2D eigenvalue weighted by Crippen LogP contribution is -2.60. The van der Waals surface area contributed by atoms with Crippen molar-refractivity contribution in [1.29, 1.82) is 0 Å². The minimum Gasteiger partial charge on any atom is -0.497 e. The smallest absolute Gasteiger partial charge is 0.326 e. The van der Waals surface area contributed by atoms with Gasteiger partial charge >= 0.3 is 6.03 Å². The number of urea groups is 1. The number of hydrogen-bond donors (Lipinski definition) is 1. The highest BCUT2D eigenvalue weighted by molar-refractivity contribution is 7.44. The molecule has 2 aliphatic heterocycles. The van der Waals surface area contributed by atoms with Crippen LogP contribution in [0.4, 0.5) is 4.79 Å². The van der Waals surface area contributed by atoms with Gasteiger partial charge in [0, 0.05) is 32.8 Å². The summed E-state index contributed by atoms with van der Waals surface area (Å²) in [7, 11) is 4.84. The molecule has 5 rings (SSSR count). The second-order valence-corrected chi connectivity index (χ2v) is 15.6. The maximum atomic E-state index is 13.5. The van der Waals surface area contributed by atoms with Gasteiger partial charge in [0.1, 0.15) is 35.4 Å². The van der Waals surface area contributed by atoms with Crippen molar-refractivity contribution in [2.24, 2.45) is 5.92 Å². The summed E-state index contributed by atoms with van der Waals surface area (Å²) in [6.07, 6.45) is -3.29. The van der Waals surface area contributed by atoms with Crippen molar-refractivity contribution in [1.82, 2.24) is 14.9 Å². The fourth-order valence-corrected chi connectivity index (χ4v) is 8.80. The molecule has 3 aromatic carbocycles. The molecule has 300 valence electrons. The molecule has 55 heavy (non-hydrogen) atoms. The number of benzene rings is 3. The average Bonchev–Trinajstić information content (AvgIpc) is 3.52. The third kappa shape index (κ3) is 9.49. The molecular weight excluding hydrogens is 725 g/mol. The molecule has 2 unspecified atom stereocenters. The van der Waals surface area contributed by atoms with Crippen molar-refractivity contribution < 1.29 is 47.1 Å². The summed E-state index contributed by atoms with van der Waals surface area (Å²) in [6, 6.07) is 25.2. The summed E-state index contributed by atoms with van der Waals surface area (Å²) in [5, 5.41) is 2.48. The number of nitrogens with one attached hydrogen (secondary N) is 1. The van der Waals surface area contributed by atoms with Crippen LogP contribution in [0.25, 0.3) is 0 Å². The van der Waals surface area contributed by atoms with E-state index >= 15 is 0 Å². The van der Waals surface area contributed by atoms with E-state index in [1.54, 1.807) is 35.4 Å². The van der Waals surface area contributed by atoms with Crippen LogP contribution in [0.1, 0.15) is 51.3 Å². The molecule has 0 aromatic heterocycles. The summed E-state index contributed by atoms with van der Waals surface area (Å²) in [5.74, 6) is 0.585. The minimum absolute atomic E-state index is 0.00154. The first-order valence-corrected chi connectivity index (χ1v) is 19.8. The van der Waals surface area contributed by atoms with E-state index in [4.69, 9.17) is 37.5 Å². The monoisotopic (exact) mass is 781 g/mol. The normalized spacial score (nSPS) is 22.4. The van der Waals surface area contributed by atoms with Gasteiger partial charge < -0.3 is 37.5 Å². The summed E-state index contributed by atoms with van der Waals surface area (Å²) in [4.78, 5) is 27.5. The van der Waals surface area contributed by atoms with Crippen LogP contribution < -0.4 is 14.8 Å². The van der Waals surface area contributed by atoms with E-state index in [1.165, 1.54) is 4.90 Å². The maximum absolute atomic E-state index is 13.5.